The molecule has 0 unspecified atom stereocenters. The van der Waals surface area contributed by atoms with Crippen LogP contribution in [0.5, 0.6) is 5.75 Å². The fourth-order valence-corrected chi connectivity index (χ4v) is 2.74. The average Bonchev–Trinajstić information content (AvgIpc) is 3.15. The van der Waals surface area contributed by atoms with Crippen molar-refractivity contribution in [3.8, 4) is 17.2 Å². The molecule has 1 aromatic heterocycles. The molecule has 0 fully saturated rings. The fourth-order valence-electron chi connectivity index (χ4n) is 2.74. The Balaban J connectivity index is 1.44. The van der Waals surface area contributed by atoms with Crippen LogP contribution in [0, 0.1) is 6.92 Å². The highest BCUT2D eigenvalue weighted by Crippen LogP contribution is 2.27. The quantitative estimate of drug-likeness (QED) is 0.577. The van der Waals surface area contributed by atoms with Crippen LogP contribution in [-0.4, -0.2) is 22.7 Å². The lowest BCUT2D eigenvalue weighted by atomic mass is 10.0. The zero-order chi connectivity index (χ0) is 18.6. The molecule has 1 heterocycles. The van der Waals surface area contributed by atoms with E-state index in [4.69, 9.17) is 9.26 Å². The molecule has 0 saturated carbocycles. The van der Waals surface area contributed by atoms with E-state index in [0.717, 1.165) is 21.9 Å². The molecule has 0 saturated heterocycles. The summed E-state index contributed by atoms with van der Waals surface area (Å²) in [5.41, 5.74) is 1.94. The van der Waals surface area contributed by atoms with E-state index in [2.05, 4.69) is 15.5 Å². The third kappa shape index (κ3) is 3.79. The molecule has 0 atom stereocenters. The Morgan fingerprint density at radius 2 is 1.81 bits per heavy atom. The smallest absolute Gasteiger partial charge is 0.270 e. The summed E-state index contributed by atoms with van der Waals surface area (Å²) in [5, 5.41) is 8.49. The van der Waals surface area contributed by atoms with Gasteiger partial charge in [-0.05, 0) is 41.1 Å². The van der Waals surface area contributed by atoms with Crippen LogP contribution >= 0.6 is 0 Å². The lowest BCUT2D eigenvalue weighted by molar-refractivity contribution is -0.118. The number of aromatic nitrogens is 2. The van der Waals surface area contributed by atoms with Gasteiger partial charge in [0, 0.05) is 5.56 Å². The number of nitrogens with one attached hydrogen (secondary N) is 1. The van der Waals surface area contributed by atoms with Gasteiger partial charge in [0.2, 0.25) is 0 Å². The summed E-state index contributed by atoms with van der Waals surface area (Å²) in [4.78, 5) is 16.3. The van der Waals surface area contributed by atoms with Gasteiger partial charge in [-0.2, -0.15) is 4.98 Å². The van der Waals surface area contributed by atoms with Gasteiger partial charge in [0.1, 0.15) is 5.75 Å². The van der Waals surface area contributed by atoms with E-state index in [-0.39, 0.29) is 18.5 Å². The molecule has 0 aliphatic heterocycles. The lowest BCUT2D eigenvalue weighted by Crippen LogP contribution is -2.20. The van der Waals surface area contributed by atoms with Gasteiger partial charge < -0.3 is 9.26 Å². The second-order valence-corrected chi connectivity index (χ2v) is 6.10. The molecule has 0 spiro atoms. The minimum Gasteiger partial charge on any atom is -0.484 e. The molecule has 6 heteroatoms. The topological polar surface area (TPSA) is 77.2 Å². The van der Waals surface area contributed by atoms with Crippen molar-refractivity contribution in [1.29, 1.82) is 0 Å². The molecular weight excluding hydrogens is 342 g/mol. The maximum atomic E-state index is 12.1. The number of carbonyl (C=O) groups excluding carboxylic acids is 1. The van der Waals surface area contributed by atoms with Crippen LogP contribution in [0.15, 0.2) is 71.3 Å². The maximum absolute atomic E-state index is 12.1. The predicted octanol–water partition coefficient (Wildman–Crippen LogP) is 4.22. The molecule has 0 radical (unpaired) electrons. The Hall–Kier alpha value is -3.67. The number of benzene rings is 3. The first kappa shape index (κ1) is 16.8. The Morgan fingerprint density at radius 1 is 1.04 bits per heavy atom. The largest absolute Gasteiger partial charge is 0.484 e. The molecule has 134 valence electrons. The van der Waals surface area contributed by atoms with Crippen molar-refractivity contribution in [3.63, 3.8) is 0 Å². The van der Waals surface area contributed by atoms with Gasteiger partial charge in [0.15, 0.2) is 6.61 Å². The number of amides is 1. The molecule has 1 amide bonds. The number of hydrogen-bond donors (Lipinski definition) is 1. The summed E-state index contributed by atoms with van der Waals surface area (Å²) in [6.45, 7) is 1.85. The molecule has 6 nitrogen and oxygen atoms in total. The van der Waals surface area contributed by atoms with Crippen LogP contribution < -0.4 is 10.1 Å². The van der Waals surface area contributed by atoms with Gasteiger partial charge in [0.05, 0.1) is 0 Å². The van der Waals surface area contributed by atoms with Gasteiger partial charge in [-0.15, -0.1) is 0 Å². The van der Waals surface area contributed by atoms with E-state index in [1.54, 1.807) is 0 Å². The second kappa shape index (κ2) is 7.29. The fraction of sp³-hybridized carbons (Fsp3) is 0.0952. The Kier molecular flexibility index (Phi) is 4.53. The van der Waals surface area contributed by atoms with Crippen LogP contribution in [-0.2, 0) is 4.79 Å². The molecule has 0 bridgehead atoms. The molecule has 1 N–H and O–H groups in total. The standard InChI is InChI=1S/C21H17N3O3/c1-14-9-11-16(12-10-14)26-13-19(25)22-21-23-20(27-24-21)18-8-4-6-15-5-2-3-7-17(15)18/h2-12H,13H2,1H3,(H,22,24,25). The minimum atomic E-state index is -0.360. The van der Waals surface area contributed by atoms with Gasteiger partial charge >= 0.3 is 0 Å². The van der Waals surface area contributed by atoms with E-state index < -0.39 is 0 Å². The minimum absolute atomic E-state index is 0.107. The summed E-state index contributed by atoms with van der Waals surface area (Å²) in [5.74, 6) is 0.721. The van der Waals surface area contributed by atoms with E-state index in [0.29, 0.717) is 11.6 Å². The molecule has 0 aliphatic carbocycles. The average molecular weight is 359 g/mol. The maximum Gasteiger partial charge on any atom is 0.270 e. The van der Waals surface area contributed by atoms with Crippen molar-refractivity contribution in [2.75, 3.05) is 11.9 Å². The van der Waals surface area contributed by atoms with Crippen LogP contribution in [0.25, 0.3) is 22.2 Å². The normalized spacial score (nSPS) is 10.7. The van der Waals surface area contributed by atoms with Crippen LogP contribution in [0.3, 0.4) is 0 Å². The number of anilines is 1. The zero-order valence-corrected chi connectivity index (χ0v) is 14.7. The van der Waals surface area contributed by atoms with Crippen molar-refractivity contribution in [2.45, 2.75) is 6.92 Å². The summed E-state index contributed by atoms with van der Waals surface area (Å²) in [7, 11) is 0. The Labute approximate surface area is 155 Å². The van der Waals surface area contributed by atoms with Crippen molar-refractivity contribution >= 4 is 22.6 Å². The Bertz CT molecular complexity index is 1080. The van der Waals surface area contributed by atoms with E-state index in [1.165, 1.54) is 0 Å². The molecule has 4 aromatic rings. The second-order valence-electron chi connectivity index (χ2n) is 6.10. The van der Waals surface area contributed by atoms with Crippen molar-refractivity contribution in [1.82, 2.24) is 10.1 Å². The highest BCUT2D eigenvalue weighted by Gasteiger charge is 2.14. The summed E-state index contributed by atoms with van der Waals surface area (Å²) in [6.07, 6.45) is 0. The van der Waals surface area contributed by atoms with Crippen LogP contribution in [0.1, 0.15) is 5.56 Å². The highest BCUT2D eigenvalue weighted by atomic mass is 16.5. The Morgan fingerprint density at radius 3 is 2.67 bits per heavy atom. The van der Waals surface area contributed by atoms with Crippen LogP contribution in [0.2, 0.25) is 0 Å². The molecular formula is C21H17N3O3. The number of hydrogen-bond acceptors (Lipinski definition) is 5. The lowest BCUT2D eigenvalue weighted by Gasteiger charge is -2.05. The SMILES string of the molecule is Cc1ccc(OCC(=O)Nc2noc(-c3cccc4ccccc34)n2)cc1. The van der Waals surface area contributed by atoms with Gasteiger partial charge in [-0.3, -0.25) is 10.1 Å². The number of fused-ring (bicyclic) bond motifs is 1. The number of carbonyl (C=O) groups is 1. The first-order valence-electron chi connectivity index (χ1n) is 8.50. The van der Waals surface area contributed by atoms with Crippen molar-refractivity contribution < 1.29 is 14.1 Å². The van der Waals surface area contributed by atoms with Gasteiger partial charge in [-0.25, -0.2) is 0 Å². The zero-order valence-electron chi connectivity index (χ0n) is 14.7. The summed E-state index contributed by atoms with van der Waals surface area (Å²) >= 11 is 0. The summed E-state index contributed by atoms with van der Waals surface area (Å²) < 4.78 is 10.8. The van der Waals surface area contributed by atoms with Crippen molar-refractivity contribution in [2.24, 2.45) is 0 Å². The van der Waals surface area contributed by atoms with E-state index >= 15 is 0 Å². The molecule has 27 heavy (non-hydrogen) atoms. The van der Waals surface area contributed by atoms with E-state index in [9.17, 15) is 4.79 Å². The highest BCUT2D eigenvalue weighted by molar-refractivity contribution is 5.95. The van der Waals surface area contributed by atoms with Crippen molar-refractivity contribution in [3.05, 3.63) is 72.3 Å². The van der Waals surface area contributed by atoms with E-state index in [1.807, 2.05) is 73.7 Å². The van der Waals surface area contributed by atoms with Gasteiger partial charge in [0.25, 0.3) is 17.7 Å². The number of nitrogens with zero attached hydrogens (tertiary/aromatic N) is 2. The first-order valence-corrected chi connectivity index (χ1v) is 8.50. The first-order chi connectivity index (χ1) is 13.2. The number of ether oxygens (including phenoxy) is 1. The third-order valence-electron chi connectivity index (χ3n) is 4.09. The molecule has 3 aromatic carbocycles. The monoisotopic (exact) mass is 359 g/mol. The van der Waals surface area contributed by atoms with Crippen LogP contribution in [0.4, 0.5) is 5.95 Å². The number of rotatable bonds is 5. The molecule has 4 rings (SSSR count). The molecule has 0 aliphatic rings. The third-order valence-corrected chi connectivity index (χ3v) is 4.09. The predicted molar refractivity (Wildman–Crippen MR) is 103 cm³/mol. The summed E-state index contributed by atoms with van der Waals surface area (Å²) in [6, 6.07) is 21.2. The van der Waals surface area contributed by atoms with Gasteiger partial charge in [-0.1, -0.05) is 54.1 Å². The number of aryl methyl sites for hydroxylation is 1.